The lowest BCUT2D eigenvalue weighted by Crippen LogP contribution is -2.35. The molecule has 2 fully saturated rings. The van der Waals surface area contributed by atoms with Gasteiger partial charge in [0.15, 0.2) is 11.5 Å². The summed E-state index contributed by atoms with van der Waals surface area (Å²) in [6, 6.07) is 10.4. The van der Waals surface area contributed by atoms with Gasteiger partial charge in [0.1, 0.15) is 5.75 Å². The number of carbonyl (C=O) groups excluding carboxylic acids is 1. The van der Waals surface area contributed by atoms with Crippen LogP contribution in [0.5, 0.6) is 5.75 Å². The summed E-state index contributed by atoms with van der Waals surface area (Å²) in [5.74, 6) is 0.230. The molecule has 0 saturated carbocycles. The largest absolute Gasteiger partial charge is 0.496 e. The number of imidazole rings is 1. The highest BCUT2D eigenvalue weighted by Gasteiger charge is 2.29. The van der Waals surface area contributed by atoms with Gasteiger partial charge in [-0.15, -0.1) is 0 Å². The minimum absolute atomic E-state index is 0.0536. The van der Waals surface area contributed by atoms with E-state index in [1.807, 2.05) is 12.1 Å². The second kappa shape index (κ2) is 11.0. The minimum atomic E-state index is -3.71. The highest BCUT2D eigenvalue weighted by molar-refractivity contribution is 7.89. The van der Waals surface area contributed by atoms with E-state index in [4.69, 9.17) is 14.5 Å². The topological polar surface area (TPSA) is 146 Å². The fourth-order valence-electron chi connectivity index (χ4n) is 5.14. The number of nitrogens with one attached hydrogen (secondary N) is 3. The molecule has 0 spiro atoms. The van der Waals surface area contributed by atoms with Gasteiger partial charge < -0.3 is 19.8 Å². The van der Waals surface area contributed by atoms with Crippen LogP contribution in [0, 0.1) is 0 Å². The van der Waals surface area contributed by atoms with Gasteiger partial charge in [0.25, 0.3) is 5.91 Å². The van der Waals surface area contributed by atoms with Crippen LogP contribution in [0.15, 0.2) is 47.5 Å². The van der Waals surface area contributed by atoms with E-state index < -0.39 is 15.9 Å². The van der Waals surface area contributed by atoms with Crippen molar-refractivity contribution in [1.82, 2.24) is 29.4 Å². The zero-order chi connectivity index (χ0) is 27.7. The number of aromatic nitrogens is 4. The minimum Gasteiger partial charge on any atom is -0.496 e. The molecule has 4 heterocycles. The third kappa shape index (κ3) is 5.20. The van der Waals surface area contributed by atoms with Crippen molar-refractivity contribution >= 4 is 32.7 Å². The molecule has 2 aliphatic heterocycles. The summed E-state index contributed by atoms with van der Waals surface area (Å²) >= 11 is 0. The molecule has 4 aromatic rings. The number of aromatic amines is 2. The Kier molecular flexibility index (Phi) is 7.27. The van der Waals surface area contributed by atoms with Gasteiger partial charge in [-0.3, -0.25) is 14.8 Å². The van der Waals surface area contributed by atoms with Crippen molar-refractivity contribution in [3.63, 3.8) is 0 Å². The molecule has 0 radical (unpaired) electrons. The molecule has 210 valence electrons. The van der Waals surface area contributed by atoms with Gasteiger partial charge in [-0.2, -0.15) is 9.40 Å². The van der Waals surface area contributed by atoms with Gasteiger partial charge in [0.05, 0.1) is 47.5 Å². The maximum absolute atomic E-state index is 13.4. The average molecular weight is 566 g/mol. The average Bonchev–Trinajstić information content (AvgIpc) is 3.74. The Bertz CT molecular complexity index is 1640. The van der Waals surface area contributed by atoms with Gasteiger partial charge in [0, 0.05) is 38.9 Å². The highest BCUT2D eigenvalue weighted by atomic mass is 32.2. The van der Waals surface area contributed by atoms with Crippen LogP contribution < -0.4 is 10.1 Å². The van der Waals surface area contributed by atoms with Gasteiger partial charge >= 0.3 is 0 Å². The number of amides is 1. The number of morpholine rings is 1. The number of nitrogens with zero attached hydrogens (tertiary/aromatic N) is 4. The number of hydrogen-bond acceptors (Lipinski definition) is 8. The van der Waals surface area contributed by atoms with Crippen molar-refractivity contribution in [2.24, 2.45) is 0 Å². The summed E-state index contributed by atoms with van der Waals surface area (Å²) in [5.41, 5.74) is 3.72. The van der Waals surface area contributed by atoms with Gasteiger partial charge in [-0.25, -0.2) is 13.4 Å². The lowest BCUT2D eigenvalue weighted by molar-refractivity contribution is 0.0342. The first kappa shape index (κ1) is 26.4. The first-order valence-corrected chi connectivity index (χ1v) is 14.7. The predicted octanol–water partition coefficient (Wildman–Crippen LogP) is 2.83. The van der Waals surface area contributed by atoms with E-state index in [1.54, 1.807) is 6.20 Å². The van der Waals surface area contributed by atoms with Crippen LogP contribution in [0.1, 0.15) is 28.8 Å². The van der Waals surface area contributed by atoms with E-state index in [0.717, 1.165) is 62.3 Å². The zero-order valence-corrected chi connectivity index (χ0v) is 23.0. The number of anilines is 1. The Balaban J connectivity index is 1.24. The fraction of sp³-hybridized carbons (Fsp3) is 0.370. The number of methoxy groups -OCH3 is 1. The van der Waals surface area contributed by atoms with Crippen LogP contribution in [0.3, 0.4) is 0 Å². The molecule has 3 N–H and O–H groups in total. The maximum atomic E-state index is 13.4. The summed E-state index contributed by atoms with van der Waals surface area (Å²) < 4.78 is 38.5. The van der Waals surface area contributed by atoms with Crippen LogP contribution in [0.4, 0.5) is 5.69 Å². The van der Waals surface area contributed by atoms with Crippen LogP contribution in [-0.2, 0) is 21.3 Å². The second-order valence-electron chi connectivity index (χ2n) is 9.90. The quantitative estimate of drug-likeness (QED) is 0.296. The third-order valence-corrected chi connectivity index (χ3v) is 9.18. The molecular formula is C27H31N7O5S. The molecule has 1 amide bonds. The Morgan fingerprint density at radius 2 is 1.90 bits per heavy atom. The van der Waals surface area contributed by atoms with Crippen molar-refractivity contribution in [1.29, 1.82) is 0 Å². The van der Waals surface area contributed by atoms with E-state index >= 15 is 0 Å². The molecule has 6 rings (SSSR count). The van der Waals surface area contributed by atoms with E-state index in [2.05, 4.69) is 31.5 Å². The molecule has 0 aliphatic carbocycles. The SMILES string of the molecule is COc1ccc(S(=O)(=O)N2CCCC2)cc1C(=O)Nc1c[nH]nc1-c1nc2cc(CN3CCOCC3)ccc2[nH]1. The molecular weight excluding hydrogens is 534 g/mol. The number of ether oxygens (including phenoxy) is 2. The summed E-state index contributed by atoms with van der Waals surface area (Å²) in [7, 11) is -2.27. The summed E-state index contributed by atoms with van der Waals surface area (Å²) in [4.78, 5) is 23.8. The monoisotopic (exact) mass is 565 g/mol. The summed E-state index contributed by atoms with van der Waals surface area (Å²) in [5, 5.41) is 9.93. The molecule has 13 heteroatoms. The van der Waals surface area contributed by atoms with Crippen LogP contribution >= 0.6 is 0 Å². The molecule has 2 aromatic carbocycles. The van der Waals surface area contributed by atoms with Gasteiger partial charge in [-0.05, 0) is 48.7 Å². The normalized spacial score (nSPS) is 16.9. The van der Waals surface area contributed by atoms with E-state index in [0.29, 0.717) is 30.3 Å². The second-order valence-corrected chi connectivity index (χ2v) is 11.8. The van der Waals surface area contributed by atoms with Gasteiger partial charge in [-0.1, -0.05) is 6.07 Å². The lowest BCUT2D eigenvalue weighted by Gasteiger charge is -2.26. The van der Waals surface area contributed by atoms with Crippen molar-refractivity contribution in [2.45, 2.75) is 24.3 Å². The number of rotatable bonds is 8. The van der Waals surface area contributed by atoms with Crippen molar-refractivity contribution in [2.75, 3.05) is 51.8 Å². The summed E-state index contributed by atoms with van der Waals surface area (Å²) in [6.45, 7) is 5.05. The molecule has 0 bridgehead atoms. The molecule has 2 aliphatic rings. The zero-order valence-electron chi connectivity index (χ0n) is 22.1. The molecule has 2 saturated heterocycles. The number of sulfonamides is 1. The van der Waals surface area contributed by atoms with Crippen LogP contribution in [0.25, 0.3) is 22.6 Å². The van der Waals surface area contributed by atoms with E-state index in [-0.39, 0.29) is 16.2 Å². The van der Waals surface area contributed by atoms with E-state index in [9.17, 15) is 13.2 Å². The Hall–Kier alpha value is -3.78. The Morgan fingerprint density at radius 3 is 2.67 bits per heavy atom. The molecule has 0 unspecified atom stereocenters. The third-order valence-electron chi connectivity index (χ3n) is 7.29. The lowest BCUT2D eigenvalue weighted by atomic mass is 10.2. The first-order chi connectivity index (χ1) is 19.4. The Labute approximate surface area is 231 Å². The number of H-pyrrole nitrogens is 2. The molecule has 40 heavy (non-hydrogen) atoms. The number of hydrogen-bond donors (Lipinski definition) is 3. The van der Waals surface area contributed by atoms with Crippen molar-refractivity contribution in [3.8, 4) is 17.3 Å². The summed E-state index contributed by atoms with van der Waals surface area (Å²) in [6.07, 6.45) is 3.20. The highest BCUT2D eigenvalue weighted by Crippen LogP contribution is 2.30. The van der Waals surface area contributed by atoms with Crippen LogP contribution in [-0.4, -0.2) is 90.2 Å². The van der Waals surface area contributed by atoms with Crippen LogP contribution in [0.2, 0.25) is 0 Å². The molecule has 12 nitrogen and oxygen atoms in total. The Morgan fingerprint density at radius 1 is 1.10 bits per heavy atom. The maximum Gasteiger partial charge on any atom is 0.259 e. The van der Waals surface area contributed by atoms with Gasteiger partial charge in [0.2, 0.25) is 10.0 Å². The standard InChI is InChI=1S/C27H31N7O5S/c1-38-24-7-5-19(40(36,37)34-8-2-3-9-34)15-20(24)27(35)31-23-16-28-32-25(23)26-29-21-6-4-18(14-22(21)30-26)17-33-10-12-39-13-11-33/h4-7,14-16H,2-3,8-13,17H2,1H3,(H,28,32)(H,29,30)(H,31,35). The first-order valence-electron chi connectivity index (χ1n) is 13.2. The van der Waals surface area contributed by atoms with Crippen molar-refractivity contribution < 1.29 is 22.7 Å². The predicted molar refractivity (Wildman–Crippen MR) is 149 cm³/mol. The molecule has 2 aromatic heterocycles. The number of fused-ring (bicyclic) bond motifs is 1. The molecule has 0 atom stereocenters. The number of benzene rings is 2. The van der Waals surface area contributed by atoms with E-state index in [1.165, 1.54) is 29.6 Å². The number of carbonyl (C=O) groups is 1. The smallest absolute Gasteiger partial charge is 0.259 e. The fourth-order valence-corrected chi connectivity index (χ4v) is 6.68. The van der Waals surface area contributed by atoms with Crippen molar-refractivity contribution in [3.05, 3.63) is 53.7 Å².